The lowest BCUT2D eigenvalue weighted by molar-refractivity contribution is 0.0740. The zero-order valence-corrected chi connectivity index (χ0v) is 15.0. The summed E-state index contributed by atoms with van der Waals surface area (Å²) in [5.41, 5.74) is 2.45. The maximum atomic E-state index is 13.1. The summed E-state index contributed by atoms with van der Waals surface area (Å²) in [5.74, 6) is 0.205. The van der Waals surface area contributed by atoms with E-state index in [1.165, 1.54) is 21.6 Å². The van der Waals surface area contributed by atoms with Crippen molar-refractivity contribution in [1.29, 1.82) is 0 Å². The van der Waals surface area contributed by atoms with Gasteiger partial charge in [-0.2, -0.15) is 0 Å². The molecule has 0 spiro atoms. The van der Waals surface area contributed by atoms with E-state index in [1.807, 2.05) is 6.07 Å². The molecule has 1 saturated heterocycles. The molecule has 5 rings (SSSR count). The summed E-state index contributed by atoms with van der Waals surface area (Å²) >= 11 is 3.44. The first-order valence-electron chi connectivity index (χ1n) is 8.57. The summed E-state index contributed by atoms with van der Waals surface area (Å²) in [6, 6.07) is 10.5. The van der Waals surface area contributed by atoms with Crippen molar-refractivity contribution in [1.82, 2.24) is 9.88 Å². The molecule has 122 valence electrons. The van der Waals surface area contributed by atoms with Crippen LogP contribution >= 0.6 is 22.7 Å². The fourth-order valence-corrected chi connectivity index (χ4v) is 6.20. The maximum Gasteiger partial charge on any atom is 0.264 e. The van der Waals surface area contributed by atoms with E-state index in [4.69, 9.17) is 4.98 Å². The lowest BCUT2D eigenvalue weighted by Gasteiger charge is -2.22. The molecule has 1 fully saturated rings. The van der Waals surface area contributed by atoms with E-state index >= 15 is 0 Å². The van der Waals surface area contributed by atoms with Crippen LogP contribution in [0.3, 0.4) is 0 Å². The van der Waals surface area contributed by atoms with Crippen LogP contribution in [0.5, 0.6) is 0 Å². The number of benzene rings is 1. The van der Waals surface area contributed by atoms with Crippen molar-refractivity contribution in [3.8, 4) is 0 Å². The molecular formula is C19H18N2OS2. The van der Waals surface area contributed by atoms with Crippen LogP contribution in [0, 0.1) is 0 Å². The van der Waals surface area contributed by atoms with Gasteiger partial charge in [0.1, 0.15) is 5.01 Å². The highest BCUT2D eigenvalue weighted by Gasteiger charge is 2.34. The second-order valence-corrected chi connectivity index (χ2v) is 8.79. The Balaban J connectivity index is 1.46. The molecule has 2 aliphatic rings. The Hall–Kier alpha value is -1.72. The number of hydrogen-bond donors (Lipinski definition) is 0. The minimum Gasteiger partial charge on any atom is -0.328 e. The predicted molar refractivity (Wildman–Crippen MR) is 99.0 cm³/mol. The van der Waals surface area contributed by atoms with Crippen LogP contribution in [-0.4, -0.2) is 22.3 Å². The van der Waals surface area contributed by atoms with Crippen LogP contribution in [0.4, 0.5) is 0 Å². The van der Waals surface area contributed by atoms with Crippen molar-refractivity contribution in [2.75, 3.05) is 6.54 Å². The van der Waals surface area contributed by atoms with Gasteiger partial charge in [0.15, 0.2) is 0 Å². The topological polar surface area (TPSA) is 33.2 Å². The number of para-hydroxylation sites is 1. The van der Waals surface area contributed by atoms with Gasteiger partial charge in [0.05, 0.1) is 21.1 Å². The number of aromatic nitrogens is 1. The number of fused-ring (bicyclic) bond motifs is 2. The molecule has 3 nitrogen and oxygen atoms in total. The summed E-state index contributed by atoms with van der Waals surface area (Å²) < 4.78 is 1.21. The van der Waals surface area contributed by atoms with Crippen LogP contribution in [-0.2, 0) is 12.8 Å². The normalized spacial score (nSPS) is 20.0. The fraction of sp³-hybridized carbons (Fsp3) is 0.368. The van der Waals surface area contributed by atoms with Gasteiger partial charge in [0, 0.05) is 11.4 Å². The highest BCUT2D eigenvalue weighted by Crippen LogP contribution is 2.39. The van der Waals surface area contributed by atoms with Gasteiger partial charge in [-0.1, -0.05) is 12.1 Å². The Labute approximate surface area is 148 Å². The molecule has 1 aromatic carbocycles. The van der Waals surface area contributed by atoms with E-state index in [9.17, 15) is 4.79 Å². The zero-order chi connectivity index (χ0) is 16.1. The van der Waals surface area contributed by atoms with Gasteiger partial charge in [-0.3, -0.25) is 4.79 Å². The van der Waals surface area contributed by atoms with Crippen molar-refractivity contribution in [2.45, 2.75) is 38.1 Å². The summed E-state index contributed by atoms with van der Waals surface area (Å²) in [4.78, 5) is 22.3. The van der Waals surface area contributed by atoms with Crippen molar-refractivity contribution in [2.24, 2.45) is 0 Å². The molecule has 1 unspecified atom stereocenters. The Morgan fingerprint density at radius 3 is 2.96 bits per heavy atom. The SMILES string of the molecule is O=C(c1cc2c(s1)CCC2)N1CCCC1c1nc2ccccc2s1. The number of carbonyl (C=O) groups excluding carboxylic acids is 1. The third kappa shape index (κ3) is 2.30. The van der Waals surface area contributed by atoms with E-state index in [0.29, 0.717) is 0 Å². The highest BCUT2D eigenvalue weighted by molar-refractivity contribution is 7.18. The van der Waals surface area contributed by atoms with Crippen molar-refractivity contribution in [3.05, 3.63) is 50.7 Å². The second kappa shape index (κ2) is 5.67. The standard InChI is InChI=1S/C19H18N2OS2/c22-19(17-11-12-5-3-9-15(12)23-17)21-10-4-7-14(21)18-20-13-6-1-2-8-16(13)24-18/h1-2,6,8,11,14H,3-5,7,9-10H2. The number of amides is 1. The molecule has 5 heteroatoms. The van der Waals surface area contributed by atoms with Crippen molar-refractivity contribution >= 4 is 38.8 Å². The van der Waals surface area contributed by atoms with Crippen molar-refractivity contribution < 1.29 is 4.79 Å². The minimum absolute atomic E-state index is 0.145. The van der Waals surface area contributed by atoms with Gasteiger partial charge in [-0.15, -0.1) is 22.7 Å². The Kier molecular flexibility index (Phi) is 3.45. The number of likely N-dealkylation sites (tertiary alicyclic amines) is 1. The van der Waals surface area contributed by atoms with Gasteiger partial charge in [0.2, 0.25) is 0 Å². The highest BCUT2D eigenvalue weighted by atomic mass is 32.1. The maximum absolute atomic E-state index is 13.1. The molecule has 1 aliphatic heterocycles. The molecule has 0 saturated carbocycles. The molecule has 1 aliphatic carbocycles. The first-order valence-corrected chi connectivity index (χ1v) is 10.2. The van der Waals surface area contributed by atoms with Crippen LogP contribution < -0.4 is 0 Å². The van der Waals surface area contributed by atoms with Gasteiger partial charge in [-0.05, 0) is 55.9 Å². The van der Waals surface area contributed by atoms with E-state index in [0.717, 1.165) is 47.6 Å². The van der Waals surface area contributed by atoms with Gasteiger partial charge in [0.25, 0.3) is 5.91 Å². The predicted octanol–water partition coefficient (Wildman–Crippen LogP) is 4.82. The summed E-state index contributed by atoms with van der Waals surface area (Å²) in [6.07, 6.45) is 5.62. The Morgan fingerprint density at radius 2 is 2.08 bits per heavy atom. The fourth-order valence-electron chi connectivity index (χ4n) is 3.88. The van der Waals surface area contributed by atoms with E-state index in [2.05, 4.69) is 29.2 Å². The lowest BCUT2D eigenvalue weighted by atomic mass is 10.2. The number of thiazole rings is 1. The molecule has 3 aromatic rings. The molecule has 0 bridgehead atoms. The molecule has 0 radical (unpaired) electrons. The third-order valence-corrected chi connectivity index (χ3v) is 7.43. The van der Waals surface area contributed by atoms with Crippen LogP contribution in [0.1, 0.15) is 50.4 Å². The Bertz CT molecular complexity index is 872. The lowest BCUT2D eigenvalue weighted by Crippen LogP contribution is -2.29. The largest absolute Gasteiger partial charge is 0.328 e. The molecular weight excluding hydrogens is 336 g/mol. The number of carbonyl (C=O) groups is 1. The van der Waals surface area contributed by atoms with Crippen LogP contribution in [0.25, 0.3) is 10.2 Å². The summed E-state index contributed by atoms with van der Waals surface area (Å²) in [7, 11) is 0. The number of hydrogen-bond acceptors (Lipinski definition) is 4. The van der Waals surface area contributed by atoms with Crippen LogP contribution in [0.15, 0.2) is 30.3 Å². The Morgan fingerprint density at radius 1 is 1.17 bits per heavy atom. The van der Waals surface area contributed by atoms with Crippen LogP contribution in [0.2, 0.25) is 0 Å². The second-order valence-electron chi connectivity index (χ2n) is 6.59. The molecule has 0 N–H and O–H groups in total. The number of thiophene rings is 1. The quantitative estimate of drug-likeness (QED) is 0.661. The number of rotatable bonds is 2. The molecule has 1 atom stereocenters. The van der Waals surface area contributed by atoms with Crippen molar-refractivity contribution in [3.63, 3.8) is 0 Å². The molecule has 1 amide bonds. The monoisotopic (exact) mass is 354 g/mol. The van der Waals surface area contributed by atoms with E-state index < -0.39 is 0 Å². The smallest absolute Gasteiger partial charge is 0.264 e. The number of nitrogens with zero attached hydrogens (tertiary/aromatic N) is 2. The first kappa shape index (κ1) is 14.6. The molecule has 3 heterocycles. The summed E-state index contributed by atoms with van der Waals surface area (Å²) in [6.45, 7) is 0.849. The summed E-state index contributed by atoms with van der Waals surface area (Å²) in [5, 5.41) is 1.09. The molecule has 2 aromatic heterocycles. The zero-order valence-electron chi connectivity index (χ0n) is 13.3. The molecule has 24 heavy (non-hydrogen) atoms. The average molecular weight is 354 g/mol. The van der Waals surface area contributed by atoms with E-state index in [1.54, 1.807) is 22.7 Å². The average Bonchev–Trinajstić information content (AvgIpc) is 3.33. The van der Waals surface area contributed by atoms with Gasteiger partial charge < -0.3 is 4.90 Å². The minimum atomic E-state index is 0.145. The van der Waals surface area contributed by atoms with E-state index in [-0.39, 0.29) is 11.9 Å². The number of aryl methyl sites for hydroxylation is 2. The first-order chi connectivity index (χ1) is 11.8. The van der Waals surface area contributed by atoms with Gasteiger partial charge in [-0.25, -0.2) is 4.98 Å². The van der Waals surface area contributed by atoms with Gasteiger partial charge >= 0.3 is 0 Å². The third-order valence-electron chi connectivity index (χ3n) is 5.07.